The van der Waals surface area contributed by atoms with Gasteiger partial charge in [0.15, 0.2) is 0 Å². The summed E-state index contributed by atoms with van der Waals surface area (Å²) in [7, 11) is -2.43. The van der Waals surface area contributed by atoms with Crippen molar-refractivity contribution in [1.82, 2.24) is 10.2 Å². The largest absolute Gasteiger partial charge is 0.478 e. The first-order valence-electron chi connectivity index (χ1n) is 5.27. The number of hydrogen-bond acceptors (Lipinski definition) is 6. The highest BCUT2D eigenvalue weighted by atomic mass is 32.2. The highest BCUT2D eigenvalue weighted by Gasteiger charge is 2.19. The maximum atomic E-state index is 12.2. The highest BCUT2D eigenvalue weighted by Crippen LogP contribution is 2.25. The quantitative estimate of drug-likeness (QED) is 0.805. The van der Waals surface area contributed by atoms with Crippen LogP contribution in [0.3, 0.4) is 0 Å². The monoisotopic (exact) mass is 280 g/mol. The van der Waals surface area contributed by atoms with Crippen molar-refractivity contribution in [3.8, 4) is 5.88 Å². The molecule has 0 aliphatic rings. The molecule has 8 heteroatoms. The van der Waals surface area contributed by atoms with Gasteiger partial charge in [-0.15, -0.1) is 5.10 Å². The van der Waals surface area contributed by atoms with E-state index < -0.39 is 10.0 Å². The summed E-state index contributed by atoms with van der Waals surface area (Å²) in [5.74, 6) is 0.0839. The number of para-hydroxylation sites is 1. The third-order valence-corrected chi connectivity index (χ3v) is 3.77. The number of nitrogens with two attached hydrogens (primary N) is 1. The highest BCUT2D eigenvalue weighted by molar-refractivity contribution is 7.92. The molecular formula is C11H12N4O3S. The third kappa shape index (κ3) is 2.74. The summed E-state index contributed by atoms with van der Waals surface area (Å²) in [4.78, 5) is -0.00568. The van der Waals surface area contributed by atoms with E-state index in [1.807, 2.05) is 0 Å². The lowest BCUT2D eigenvalue weighted by molar-refractivity contribution is 0.394. The van der Waals surface area contributed by atoms with Crippen LogP contribution in [0.1, 0.15) is 0 Å². The van der Waals surface area contributed by atoms with Gasteiger partial charge in [-0.05, 0) is 18.2 Å². The van der Waals surface area contributed by atoms with Crippen molar-refractivity contribution in [3.05, 3.63) is 36.5 Å². The molecule has 0 saturated heterocycles. The number of nitrogen functional groups attached to an aromatic ring is 1. The van der Waals surface area contributed by atoms with Gasteiger partial charge in [0, 0.05) is 0 Å². The maximum absolute atomic E-state index is 12.2. The van der Waals surface area contributed by atoms with E-state index in [0.717, 1.165) is 0 Å². The molecule has 1 aromatic heterocycles. The number of nitrogens with zero attached hydrogens (tertiary/aromatic N) is 2. The lowest BCUT2D eigenvalue weighted by Crippen LogP contribution is -2.15. The van der Waals surface area contributed by atoms with Crippen molar-refractivity contribution in [1.29, 1.82) is 0 Å². The molecule has 19 heavy (non-hydrogen) atoms. The van der Waals surface area contributed by atoms with Crippen LogP contribution in [0, 0.1) is 0 Å². The Balaban J connectivity index is 2.40. The molecule has 7 nitrogen and oxygen atoms in total. The summed E-state index contributed by atoms with van der Waals surface area (Å²) in [6.07, 6.45) is 1.36. The summed E-state index contributed by atoms with van der Waals surface area (Å²) < 4.78 is 31.7. The van der Waals surface area contributed by atoms with Crippen molar-refractivity contribution >= 4 is 21.4 Å². The molecule has 0 aliphatic carbocycles. The number of aromatic nitrogens is 2. The van der Waals surface area contributed by atoms with Crippen LogP contribution >= 0.6 is 0 Å². The molecule has 0 bridgehead atoms. The van der Waals surface area contributed by atoms with Crippen LogP contribution in [0.5, 0.6) is 5.88 Å². The number of ether oxygens (including phenoxy) is 1. The predicted octanol–water partition coefficient (Wildman–Crippen LogP) is 0.868. The van der Waals surface area contributed by atoms with Gasteiger partial charge < -0.3 is 10.5 Å². The minimum Gasteiger partial charge on any atom is -0.478 e. The standard InChI is InChI=1S/C11H12N4O3S/c1-18-11-9(6-7-13-14-11)15-19(16,17)10-5-3-2-4-8(10)12/h2-7H,12H2,1H3,(H,13,15). The second-order valence-corrected chi connectivity index (χ2v) is 5.25. The molecule has 1 aromatic carbocycles. The number of benzene rings is 1. The molecule has 1 heterocycles. The second-order valence-electron chi connectivity index (χ2n) is 3.60. The normalized spacial score (nSPS) is 11.0. The molecule has 0 spiro atoms. The van der Waals surface area contributed by atoms with E-state index in [1.54, 1.807) is 12.1 Å². The molecule has 0 unspecified atom stereocenters. The summed E-state index contributed by atoms with van der Waals surface area (Å²) in [6, 6.07) is 7.62. The Hall–Kier alpha value is -2.35. The number of nitrogens with one attached hydrogen (secondary N) is 1. The van der Waals surface area contributed by atoms with Crippen LogP contribution < -0.4 is 15.2 Å². The summed E-state index contributed by atoms with van der Waals surface area (Å²) in [6.45, 7) is 0. The molecule has 0 fully saturated rings. The van der Waals surface area contributed by atoms with Gasteiger partial charge in [0.25, 0.3) is 15.9 Å². The van der Waals surface area contributed by atoms with Gasteiger partial charge in [0.1, 0.15) is 10.6 Å². The van der Waals surface area contributed by atoms with Crippen molar-refractivity contribution in [2.24, 2.45) is 0 Å². The van der Waals surface area contributed by atoms with Crippen LogP contribution in [0.4, 0.5) is 11.4 Å². The SMILES string of the molecule is COc1nnccc1NS(=O)(=O)c1ccccc1N. The zero-order valence-electron chi connectivity index (χ0n) is 10.1. The van der Waals surface area contributed by atoms with Crippen LogP contribution in [-0.2, 0) is 10.0 Å². The number of sulfonamides is 1. The molecule has 2 rings (SSSR count). The Kier molecular flexibility index (Phi) is 3.52. The summed E-state index contributed by atoms with van der Waals surface area (Å²) in [5.41, 5.74) is 6.01. The van der Waals surface area contributed by atoms with Crippen molar-refractivity contribution < 1.29 is 13.2 Å². The van der Waals surface area contributed by atoms with Crippen LogP contribution in [0.15, 0.2) is 41.4 Å². The Bertz CT molecular complexity index is 688. The minimum absolute atomic E-state index is 0.00568. The second kappa shape index (κ2) is 5.11. The topological polar surface area (TPSA) is 107 Å². The van der Waals surface area contributed by atoms with Crippen molar-refractivity contribution in [2.45, 2.75) is 4.90 Å². The van der Waals surface area contributed by atoms with Gasteiger partial charge in [-0.1, -0.05) is 12.1 Å². The molecule has 0 amide bonds. The van der Waals surface area contributed by atoms with E-state index in [4.69, 9.17) is 10.5 Å². The maximum Gasteiger partial charge on any atom is 0.264 e. The Morgan fingerprint density at radius 1 is 1.26 bits per heavy atom. The summed E-state index contributed by atoms with van der Waals surface area (Å²) >= 11 is 0. The van der Waals surface area contributed by atoms with E-state index in [2.05, 4.69) is 14.9 Å². The van der Waals surface area contributed by atoms with E-state index >= 15 is 0 Å². The zero-order valence-corrected chi connectivity index (χ0v) is 10.9. The Morgan fingerprint density at radius 3 is 2.68 bits per heavy atom. The van der Waals surface area contributed by atoms with Crippen molar-refractivity contribution in [3.63, 3.8) is 0 Å². The Morgan fingerprint density at radius 2 is 2.00 bits per heavy atom. The first-order chi connectivity index (χ1) is 9.04. The third-order valence-electron chi connectivity index (χ3n) is 2.33. The van der Waals surface area contributed by atoms with E-state index in [0.29, 0.717) is 0 Å². The van der Waals surface area contributed by atoms with Crippen LogP contribution in [-0.4, -0.2) is 25.7 Å². The van der Waals surface area contributed by atoms with E-state index in [1.165, 1.54) is 31.5 Å². The van der Waals surface area contributed by atoms with E-state index in [9.17, 15) is 8.42 Å². The summed E-state index contributed by atoms with van der Waals surface area (Å²) in [5, 5.41) is 7.27. The lowest BCUT2D eigenvalue weighted by atomic mass is 10.3. The molecular weight excluding hydrogens is 268 g/mol. The first kappa shape index (κ1) is 13.1. The van der Waals surface area contributed by atoms with Gasteiger partial charge in [-0.25, -0.2) is 8.42 Å². The van der Waals surface area contributed by atoms with Gasteiger partial charge in [0.05, 0.1) is 19.0 Å². The van der Waals surface area contributed by atoms with Crippen LogP contribution in [0.2, 0.25) is 0 Å². The number of anilines is 2. The smallest absolute Gasteiger partial charge is 0.264 e. The Labute approximate surface area is 110 Å². The molecule has 2 aromatic rings. The molecule has 0 atom stereocenters. The zero-order chi connectivity index (χ0) is 13.9. The fourth-order valence-electron chi connectivity index (χ4n) is 1.47. The van der Waals surface area contributed by atoms with Gasteiger partial charge in [-0.2, -0.15) is 5.10 Å². The number of methoxy groups -OCH3 is 1. The van der Waals surface area contributed by atoms with Gasteiger partial charge in [0.2, 0.25) is 0 Å². The molecule has 3 N–H and O–H groups in total. The van der Waals surface area contributed by atoms with Gasteiger partial charge >= 0.3 is 0 Å². The minimum atomic E-state index is -3.80. The van der Waals surface area contributed by atoms with Crippen LogP contribution in [0.25, 0.3) is 0 Å². The lowest BCUT2D eigenvalue weighted by Gasteiger charge is -2.11. The molecule has 0 radical (unpaired) electrons. The van der Waals surface area contributed by atoms with Gasteiger partial charge in [-0.3, -0.25) is 4.72 Å². The number of rotatable bonds is 4. The first-order valence-corrected chi connectivity index (χ1v) is 6.76. The van der Waals surface area contributed by atoms with Crippen molar-refractivity contribution in [2.75, 3.05) is 17.6 Å². The number of hydrogen-bond donors (Lipinski definition) is 2. The average molecular weight is 280 g/mol. The molecule has 0 aliphatic heterocycles. The predicted molar refractivity (Wildman–Crippen MR) is 70.2 cm³/mol. The fourth-order valence-corrected chi connectivity index (χ4v) is 2.66. The fraction of sp³-hybridized carbons (Fsp3) is 0.0909. The molecule has 0 saturated carbocycles. The van der Waals surface area contributed by atoms with E-state index in [-0.39, 0.29) is 22.2 Å². The average Bonchev–Trinajstić information content (AvgIpc) is 2.39. The molecule has 100 valence electrons.